The van der Waals surface area contributed by atoms with Crippen LogP contribution in [0.3, 0.4) is 0 Å². The molecule has 112 valence electrons. The number of carbonyl (C=O) groups is 1. The van der Waals surface area contributed by atoms with Gasteiger partial charge in [0, 0.05) is 11.8 Å². The molecule has 1 N–H and O–H groups in total. The van der Waals surface area contributed by atoms with E-state index in [2.05, 4.69) is 10.3 Å². The van der Waals surface area contributed by atoms with E-state index in [1.54, 1.807) is 19.2 Å². The summed E-state index contributed by atoms with van der Waals surface area (Å²) < 4.78 is 5.91. The molecule has 0 aliphatic carbocycles. The molecule has 0 spiro atoms. The fourth-order valence-corrected chi connectivity index (χ4v) is 2.37. The number of aromatic nitrogens is 1. The molecule has 1 aromatic carbocycles. The second-order valence-electron chi connectivity index (χ2n) is 5.59. The number of carbonyl (C=O) groups excluding carboxylic acids is 1. The van der Waals surface area contributed by atoms with Crippen LogP contribution in [0.25, 0.3) is 6.08 Å². The number of fused-ring (bicyclic) bond motifs is 1. The number of hydrogen-bond donors (Lipinski definition) is 1. The molecule has 0 saturated carbocycles. The fourth-order valence-electron chi connectivity index (χ4n) is 2.37. The van der Waals surface area contributed by atoms with Gasteiger partial charge in [-0.3, -0.25) is 9.78 Å². The number of amides is 1. The van der Waals surface area contributed by atoms with Crippen molar-refractivity contribution in [3.8, 4) is 5.75 Å². The molecule has 4 nitrogen and oxygen atoms in total. The molecule has 1 aliphatic rings. The van der Waals surface area contributed by atoms with Crippen LogP contribution < -0.4 is 10.1 Å². The van der Waals surface area contributed by atoms with E-state index in [1.807, 2.05) is 49.4 Å². The zero-order chi connectivity index (χ0) is 15.6. The third-order valence-electron chi connectivity index (χ3n) is 3.68. The number of nitrogens with one attached hydrogen (secondary N) is 1. The summed E-state index contributed by atoms with van der Waals surface area (Å²) in [5, 5.41) is 2.87. The number of nitrogens with zero attached hydrogens (tertiary/aromatic N) is 1. The first-order chi connectivity index (χ1) is 10.6. The standard InChI is InChI=1S/C18H18N2O2/c1-13-6-7-16-14(11-13)8-9-18(2,22-16)17(21)20-12-15-5-3-4-10-19-15/h3-11H,12H2,1-2H3,(H,20,21). The van der Waals surface area contributed by atoms with Crippen LogP contribution in [0.2, 0.25) is 0 Å². The highest BCUT2D eigenvalue weighted by molar-refractivity contribution is 5.89. The van der Waals surface area contributed by atoms with E-state index >= 15 is 0 Å². The summed E-state index contributed by atoms with van der Waals surface area (Å²) in [5.74, 6) is 0.546. The lowest BCUT2D eigenvalue weighted by atomic mass is 9.98. The Morgan fingerprint density at radius 1 is 1.32 bits per heavy atom. The number of aryl methyl sites for hydroxylation is 1. The molecule has 0 fully saturated rings. The maximum Gasteiger partial charge on any atom is 0.268 e. The van der Waals surface area contributed by atoms with Crippen molar-refractivity contribution in [1.82, 2.24) is 10.3 Å². The molecule has 1 unspecified atom stereocenters. The first-order valence-corrected chi connectivity index (χ1v) is 7.24. The second-order valence-corrected chi connectivity index (χ2v) is 5.59. The first kappa shape index (κ1) is 14.3. The minimum absolute atomic E-state index is 0.180. The van der Waals surface area contributed by atoms with Crippen molar-refractivity contribution in [3.63, 3.8) is 0 Å². The van der Waals surface area contributed by atoms with Crippen LogP contribution in [-0.4, -0.2) is 16.5 Å². The molecule has 4 heteroatoms. The molecule has 22 heavy (non-hydrogen) atoms. The number of ether oxygens (including phenoxy) is 1. The topological polar surface area (TPSA) is 51.2 Å². The highest BCUT2D eigenvalue weighted by Crippen LogP contribution is 2.31. The zero-order valence-electron chi connectivity index (χ0n) is 12.7. The summed E-state index contributed by atoms with van der Waals surface area (Å²) in [4.78, 5) is 16.6. The minimum Gasteiger partial charge on any atom is -0.473 e. The van der Waals surface area contributed by atoms with Crippen molar-refractivity contribution in [1.29, 1.82) is 0 Å². The largest absolute Gasteiger partial charge is 0.473 e. The van der Waals surface area contributed by atoms with Crippen LogP contribution in [0.4, 0.5) is 0 Å². The molecular formula is C18H18N2O2. The van der Waals surface area contributed by atoms with Gasteiger partial charge in [-0.15, -0.1) is 0 Å². The van der Waals surface area contributed by atoms with Crippen LogP contribution in [0.5, 0.6) is 5.75 Å². The predicted octanol–water partition coefficient (Wildman–Crippen LogP) is 2.87. The van der Waals surface area contributed by atoms with Crippen molar-refractivity contribution in [2.45, 2.75) is 26.0 Å². The van der Waals surface area contributed by atoms with Gasteiger partial charge in [0.05, 0.1) is 12.2 Å². The van der Waals surface area contributed by atoms with Gasteiger partial charge >= 0.3 is 0 Å². The number of pyridine rings is 1. The molecule has 1 aliphatic heterocycles. The SMILES string of the molecule is Cc1ccc2c(c1)C=CC(C)(C(=O)NCc1ccccn1)O2. The van der Waals surface area contributed by atoms with Crippen molar-refractivity contribution in [3.05, 3.63) is 65.5 Å². The van der Waals surface area contributed by atoms with E-state index in [-0.39, 0.29) is 5.91 Å². The number of rotatable bonds is 3. The summed E-state index contributed by atoms with van der Waals surface area (Å²) in [6.07, 6.45) is 5.44. The molecule has 1 atom stereocenters. The van der Waals surface area contributed by atoms with Crippen LogP contribution in [0.1, 0.15) is 23.7 Å². The fraction of sp³-hybridized carbons (Fsp3) is 0.222. The van der Waals surface area contributed by atoms with Gasteiger partial charge in [-0.25, -0.2) is 0 Å². The van der Waals surface area contributed by atoms with Gasteiger partial charge in [0.25, 0.3) is 5.91 Å². The molecule has 2 heterocycles. The van der Waals surface area contributed by atoms with Crippen LogP contribution in [0, 0.1) is 6.92 Å². The van der Waals surface area contributed by atoms with Crippen LogP contribution in [0.15, 0.2) is 48.7 Å². The number of hydrogen-bond acceptors (Lipinski definition) is 3. The molecule has 1 aromatic heterocycles. The molecule has 0 bridgehead atoms. The second kappa shape index (κ2) is 5.64. The Labute approximate surface area is 129 Å². The maximum atomic E-state index is 12.5. The molecular weight excluding hydrogens is 276 g/mol. The maximum absolute atomic E-state index is 12.5. The minimum atomic E-state index is -1.00. The Morgan fingerprint density at radius 2 is 2.18 bits per heavy atom. The quantitative estimate of drug-likeness (QED) is 0.947. The van der Waals surface area contributed by atoms with Crippen molar-refractivity contribution < 1.29 is 9.53 Å². The van der Waals surface area contributed by atoms with Crippen molar-refractivity contribution in [2.75, 3.05) is 0 Å². The Balaban J connectivity index is 1.72. The van der Waals surface area contributed by atoms with Gasteiger partial charge in [-0.1, -0.05) is 23.8 Å². The molecule has 3 rings (SSSR count). The van der Waals surface area contributed by atoms with Gasteiger partial charge in [-0.05, 0) is 44.2 Å². The summed E-state index contributed by atoms with van der Waals surface area (Å²) in [6, 6.07) is 11.5. The Kier molecular flexibility index (Phi) is 3.67. The lowest BCUT2D eigenvalue weighted by molar-refractivity contribution is -0.132. The van der Waals surface area contributed by atoms with Crippen LogP contribution >= 0.6 is 0 Å². The summed E-state index contributed by atoms with van der Waals surface area (Å²) >= 11 is 0. The van der Waals surface area contributed by atoms with Gasteiger partial charge < -0.3 is 10.1 Å². The van der Waals surface area contributed by atoms with E-state index in [0.717, 1.165) is 22.6 Å². The van der Waals surface area contributed by atoms with E-state index < -0.39 is 5.60 Å². The van der Waals surface area contributed by atoms with Crippen molar-refractivity contribution >= 4 is 12.0 Å². The van der Waals surface area contributed by atoms with Gasteiger partial charge in [0.2, 0.25) is 5.60 Å². The number of benzene rings is 1. The Bertz CT molecular complexity index is 725. The lowest BCUT2D eigenvalue weighted by Crippen LogP contribution is -2.48. The summed E-state index contributed by atoms with van der Waals surface area (Å²) in [6.45, 7) is 4.18. The van der Waals surface area contributed by atoms with Crippen molar-refractivity contribution in [2.24, 2.45) is 0 Å². The molecule has 1 amide bonds. The summed E-state index contributed by atoms with van der Waals surface area (Å²) in [7, 11) is 0. The molecule has 2 aromatic rings. The third-order valence-corrected chi connectivity index (χ3v) is 3.68. The first-order valence-electron chi connectivity index (χ1n) is 7.24. The third kappa shape index (κ3) is 2.86. The van der Waals surface area contributed by atoms with Gasteiger partial charge in [0.15, 0.2) is 0 Å². The summed E-state index contributed by atoms with van der Waals surface area (Å²) in [5.41, 5.74) is 1.97. The zero-order valence-corrected chi connectivity index (χ0v) is 12.7. The highest BCUT2D eigenvalue weighted by Gasteiger charge is 2.35. The smallest absolute Gasteiger partial charge is 0.268 e. The lowest BCUT2D eigenvalue weighted by Gasteiger charge is -2.30. The van der Waals surface area contributed by atoms with E-state index in [0.29, 0.717) is 6.54 Å². The average Bonchev–Trinajstić information content (AvgIpc) is 2.54. The molecule has 0 saturated heterocycles. The van der Waals surface area contributed by atoms with Gasteiger partial charge in [0.1, 0.15) is 5.75 Å². The van der Waals surface area contributed by atoms with E-state index in [4.69, 9.17) is 4.74 Å². The van der Waals surface area contributed by atoms with Gasteiger partial charge in [-0.2, -0.15) is 0 Å². The Hall–Kier alpha value is -2.62. The van der Waals surface area contributed by atoms with Crippen LogP contribution in [-0.2, 0) is 11.3 Å². The Morgan fingerprint density at radius 3 is 2.95 bits per heavy atom. The molecule has 0 radical (unpaired) electrons. The highest BCUT2D eigenvalue weighted by atomic mass is 16.5. The monoisotopic (exact) mass is 294 g/mol. The normalized spacial score (nSPS) is 19.2. The average molecular weight is 294 g/mol. The van der Waals surface area contributed by atoms with E-state index in [1.165, 1.54) is 0 Å². The predicted molar refractivity (Wildman–Crippen MR) is 85.3 cm³/mol. The van der Waals surface area contributed by atoms with E-state index in [9.17, 15) is 4.79 Å².